The minimum absolute atomic E-state index is 0.270. The first-order valence-corrected chi connectivity index (χ1v) is 5.47. The van der Waals surface area contributed by atoms with Crippen molar-refractivity contribution in [1.82, 2.24) is 0 Å². The molecule has 0 aromatic carbocycles. The fourth-order valence-corrected chi connectivity index (χ4v) is 2.13. The van der Waals surface area contributed by atoms with E-state index in [-0.39, 0.29) is 5.56 Å². The van der Waals surface area contributed by atoms with Gasteiger partial charge in [-0.15, -0.1) is 11.3 Å². The number of furan rings is 1. The molecule has 0 atom stereocenters. The van der Waals surface area contributed by atoms with E-state index >= 15 is 0 Å². The monoisotopic (exact) mass is 222 g/mol. The second-order valence-corrected chi connectivity index (χ2v) is 4.17. The molecule has 2 rings (SSSR count). The molecule has 2 aromatic rings. The minimum atomic E-state index is -0.926. The molecule has 0 aliphatic carbocycles. The van der Waals surface area contributed by atoms with E-state index in [1.807, 2.05) is 17.5 Å². The molecule has 2 heterocycles. The highest BCUT2D eigenvalue weighted by Gasteiger charge is 2.12. The highest BCUT2D eigenvalue weighted by molar-refractivity contribution is 7.09. The number of carbonyl (C=O) groups is 1. The zero-order valence-electron chi connectivity index (χ0n) is 7.97. The standard InChI is InChI=1S/C11H10O3S/c12-11(13)9-5-6-14-10(9)4-3-8-2-1-7-15-8/h1-2,5-7H,3-4H2,(H,12,13). The molecule has 0 saturated carbocycles. The fourth-order valence-electron chi connectivity index (χ4n) is 1.42. The Balaban J connectivity index is 2.05. The van der Waals surface area contributed by atoms with Gasteiger partial charge in [-0.2, -0.15) is 0 Å². The summed E-state index contributed by atoms with van der Waals surface area (Å²) in [7, 11) is 0. The predicted molar refractivity (Wildman–Crippen MR) is 57.4 cm³/mol. The maximum Gasteiger partial charge on any atom is 0.339 e. The fraction of sp³-hybridized carbons (Fsp3) is 0.182. The van der Waals surface area contributed by atoms with Crippen LogP contribution >= 0.6 is 11.3 Å². The molecule has 3 nitrogen and oxygen atoms in total. The molecule has 4 heteroatoms. The zero-order chi connectivity index (χ0) is 10.7. The van der Waals surface area contributed by atoms with Crippen LogP contribution in [-0.4, -0.2) is 11.1 Å². The average molecular weight is 222 g/mol. The van der Waals surface area contributed by atoms with E-state index in [0.29, 0.717) is 12.2 Å². The van der Waals surface area contributed by atoms with Crippen molar-refractivity contribution >= 4 is 17.3 Å². The molecular weight excluding hydrogens is 212 g/mol. The van der Waals surface area contributed by atoms with Crippen LogP contribution in [0.4, 0.5) is 0 Å². The van der Waals surface area contributed by atoms with Gasteiger partial charge in [0.25, 0.3) is 0 Å². The van der Waals surface area contributed by atoms with Gasteiger partial charge in [-0.1, -0.05) is 6.07 Å². The minimum Gasteiger partial charge on any atom is -0.478 e. The molecule has 0 radical (unpaired) electrons. The summed E-state index contributed by atoms with van der Waals surface area (Å²) in [4.78, 5) is 12.0. The second-order valence-electron chi connectivity index (χ2n) is 3.14. The Morgan fingerprint density at radius 3 is 2.93 bits per heavy atom. The van der Waals surface area contributed by atoms with Gasteiger partial charge in [0.1, 0.15) is 11.3 Å². The molecule has 78 valence electrons. The van der Waals surface area contributed by atoms with Crippen LogP contribution < -0.4 is 0 Å². The van der Waals surface area contributed by atoms with Gasteiger partial charge < -0.3 is 9.52 Å². The van der Waals surface area contributed by atoms with Gasteiger partial charge in [-0.3, -0.25) is 0 Å². The van der Waals surface area contributed by atoms with Gasteiger partial charge in [-0.25, -0.2) is 4.79 Å². The summed E-state index contributed by atoms with van der Waals surface area (Å²) in [5, 5.41) is 10.9. The Hall–Kier alpha value is -1.55. The molecule has 0 fully saturated rings. The first-order chi connectivity index (χ1) is 7.27. The van der Waals surface area contributed by atoms with Crippen molar-refractivity contribution in [2.45, 2.75) is 12.8 Å². The lowest BCUT2D eigenvalue weighted by Crippen LogP contribution is -1.99. The third-order valence-electron chi connectivity index (χ3n) is 2.15. The molecule has 0 spiro atoms. The molecule has 15 heavy (non-hydrogen) atoms. The topological polar surface area (TPSA) is 50.4 Å². The molecule has 0 aliphatic rings. The van der Waals surface area contributed by atoms with Gasteiger partial charge in [0.05, 0.1) is 6.26 Å². The number of aryl methyl sites for hydroxylation is 2. The van der Waals surface area contributed by atoms with Gasteiger partial charge in [-0.05, 0) is 23.9 Å². The van der Waals surface area contributed by atoms with Crippen molar-refractivity contribution in [2.24, 2.45) is 0 Å². The largest absolute Gasteiger partial charge is 0.478 e. The third-order valence-corrected chi connectivity index (χ3v) is 3.09. The first-order valence-electron chi connectivity index (χ1n) is 4.59. The number of thiophene rings is 1. The molecule has 0 aliphatic heterocycles. The Morgan fingerprint density at radius 1 is 1.40 bits per heavy atom. The predicted octanol–water partition coefficient (Wildman–Crippen LogP) is 2.82. The van der Waals surface area contributed by atoms with Crippen molar-refractivity contribution < 1.29 is 14.3 Å². The summed E-state index contributed by atoms with van der Waals surface area (Å²) in [6.07, 6.45) is 2.88. The molecule has 0 amide bonds. The normalized spacial score (nSPS) is 10.4. The van der Waals surface area contributed by atoms with Crippen LogP contribution in [0.25, 0.3) is 0 Å². The summed E-state index contributed by atoms with van der Waals surface area (Å²) in [6, 6.07) is 5.51. The lowest BCUT2D eigenvalue weighted by molar-refractivity contribution is 0.0694. The van der Waals surface area contributed by atoms with Crippen molar-refractivity contribution in [1.29, 1.82) is 0 Å². The number of rotatable bonds is 4. The molecule has 0 bridgehead atoms. The van der Waals surface area contributed by atoms with Crippen LogP contribution in [0, 0.1) is 0 Å². The van der Waals surface area contributed by atoms with E-state index in [9.17, 15) is 4.79 Å². The lowest BCUT2D eigenvalue weighted by Gasteiger charge is -1.97. The van der Waals surface area contributed by atoms with E-state index in [1.54, 1.807) is 11.3 Å². The van der Waals surface area contributed by atoms with Crippen LogP contribution in [0.2, 0.25) is 0 Å². The molecular formula is C11H10O3S. The maximum absolute atomic E-state index is 10.8. The van der Waals surface area contributed by atoms with Gasteiger partial charge in [0.2, 0.25) is 0 Å². The summed E-state index contributed by atoms with van der Waals surface area (Å²) < 4.78 is 5.15. The molecule has 0 unspecified atom stereocenters. The Bertz CT molecular complexity index is 442. The summed E-state index contributed by atoms with van der Waals surface area (Å²) in [5.41, 5.74) is 0.270. The average Bonchev–Trinajstić information content (AvgIpc) is 2.86. The highest BCUT2D eigenvalue weighted by Crippen LogP contribution is 2.16. The third kappa shape index (κ3) is 2.27. The van der Waals surface area contributed by atoms with Crippen molar-refractivity contribution in [3.05, 3.63) is 46.0 Å². The van der Waals surface area contributed by atoms with Crippen molar-refractivity contribution in [3.8, 4) is 0 Å². The van der Waals surface area contributed by atoms with Crippen LogP contribution in [0.15, 0.2) is 34.3 Å². The van der Waals surface area contributed by atoms with E-state index < -0.39 is 5.97 Å². The van der Waals surface area contributed by atoms with E-state index in [0.717, 1.165) is 6.42 Å². The van der Waals surface area contributed by atoms with Gasteiger partial charge in [0.15, 0.2) is 0 Å². The van der Waals surface area contributed by atoms with Gasteiger partial charge in [0, 0.05) is 11.3 Å². The van der Waals surface area contributed by atoms with Crippen LogP contribution in [0.1, 0.15) is 21.0 Å². The highest BCUT2D eigenvalue weighted by atomic mass is 32.1. The molecule has 1 N–H and O–H groups in total. The maximum atomic E-state index is 10.8. The molecule has 2 aromatic heterocycles. The van der Waals surface area contributed by atoms with Crippen LogP contribution in [0.5, 0.6) is 0 Å². The first kappa shape index (κ1) is 9.98. The van der Waals surface area contributed by atoms with Crippen LogP contribution in [-0.2, 0) is 12.8 Å². The smallest absolute Gasteiger partial charge is 0.339 e. The summed E-state index contributed by atoms with van der Waals surface area (Å²) in [6.45, 7) is 0. The Morgan fingerprint density at radius 2 is 2.27 bits per heavy atom. The van der Waals surface area contributed by atoms with E-state index in [2.05, 4.69) is 0 Å². The zero-order valence-corrected chi connectivity index (χ0v) is 8.79. The second kappa shape index (κ2) is 4.31. The number of hydrogen-bond acceptors (Lipinski definition) is 3. The van der Waals surface area contributed by atoms with Crippen molar-refractivity contribution in [3.63, 3.8) is 0 Å². The van der Waals surface area contributed by atoms with E-state index in [1.165, 1.54) is 17.2 Å². The van der Waals surface area contributed by atoms with Crippen LogP contribution in [0.3, 0.4) is 0 Å². The number of hydrogen-bond donors (Lipinski definition) is 1. The number of carboxylic acid groups (broad SMARTS) is 1. The summed E-state index contributed by atoms with van der Waals surface area (Å²) >= 11 is 1.67. The summed E-state index contributed by atoms with van der Waals surface area (Å²) in [5.74, 6) is -0.374. The Kier molecular flexibility index (Phi) is 2.87. The SMILES string of the molecule is O=C(O)c1ccoc1CCc1cccs1. The number of carboxylic acids is 1. The van der Waals surface area contributed by atoms with Crippen molar-refractivity contribution in [2.75, 3.05) is 0 Å². The van der Waals surface area contributed by atoms with E-state index in [4.69, 9.17) is 9.52 Å². The quantitative estimate of drug-likeness (QED) is 0.865. The number of aromatic carboxylic acids is 1. The Labute approximate surface area is 91.0 Å². The van der Waals surface area contributed by atoms with Gasteiger partial charge >= 0.3 is 5.97 Å². The lowest BCUT2D eigenvalue weighted by atomic mass is 10.1. The molecule has 0 saturated heterocycles.